The lowest BCUT2D eigenvalue weighted by molar-refractivity contribution is -0.160. The molecule has 0 spiro atoms. The maximum absolute atomic E-state index is 12.4. The molecule has 0 unspecified atom stereocenters. The summed E-state index contributed by atoms with van der Waals surface area (Å²) in [4.78, 5) is 24.7. The Balaban J connectivity index is 1.44. The number of hydrogen-bond acceptors (Lipinski definition) is 5. The van der Waals surface area contributed by atoms with Gasteiger partial charge in [-0.3, -0.25) is 9.59 Å². The Hall–Kier alpha value is -2.73. The summed E-state index contributed by atoms with van der Waals surface area (Å²) in [6.07, 6.45) is 0.268. The minimum Gasteiger partial charge on any atom is -0.497 e. The summed E-state index contributed by atoms with van der Waals surface area (Å²) in [5, 5.41) is 3.38. The molecule has 0 saturated heterocycles. The van der Waals surface area contributed by atoms with Gasteiger partial charge in [-0.2, -0.15) is 0 Å². The van der Waals surface area contributed by atoms with Crippen LogP contribution < -0.4 is 14.8 Å². The van der Waals surface area contributed by atoms with Crippen LogP contribution in [0.15, 0.2) is 42.5 Å². The van der Waals surface area contributed by atoms with Crippen LogP contribution in [0.1, 0.15) is 18.1 Å². The zero-order valence-corrected chi connectivity index (χ0v) is 17.2. The standard InChI is InChI=1S/C22H24ClNO5/c1-14(21(25)24-10-9-15-3-6-19(27-2)7-4-15)29-22(26)17-11-16-12-18(23)5-8-20(16)28-13-17/h3-8,12,14,17H,9-11,13H2,1-2H3,(H,24,25)/t14-,17-/m0/s1. The van der Waals surface area contributed by atoms with Gasteiger partial charge in [-0.1, -0.05) is 23.7 Å². The number of ether oxygens (including phenoxy) is 3. The smallest absolute Gasteiger partial charge is 0.313 e. The number of benzene rings is 2. The average molecular weight is 418 g/mol. The highest BCUT2D eigenvalue weighted by molar-refractivity contribution is 6.30. The van der Waals surface area contributed by atoms with E-state index in [2.05, 4.69) is 5.32 Å². The molecule has 3 rings (SSSR count). The van der Waals surface area contributed by atoms with Gasteiger partial charge in [-0.05, 0) is 61.2 Å². The first kappa shape index (κ1) is 21.0. The lowest BCUT2D eigenvalue weighted by Crippen LogP contribution is -2.39. The lowest BCUT2D eigenvalue weighted by Gasteiger charge is -2.25. The first-order chi connectivity index (χ1) is 14.0. The summed E-state index contributed by atoms with van der Waals surface area (Å²) in [5.74, 6) is 0.272. The van der Waals surface area contributed by atoms with Crippen molar-refractivity contribution in [3.8, 4) is 11.5 Å². The summed E-state index contributed by atoms with van der Waals surface area (Å²) < 4.78 is 16.1. The SMILES string of the molecule is COc1ccc(CCNC(=O)[C@H](C)OC(=O)[C@@H]2COc3ccc(Cl)cc3C2)cc1. The number of esters is 1. The van der Waals surface area contributed by atoms with E-state index in [1.165, 1.54) is 0 Å². The molecule has 1 N–H and O–H groups in total. The molecule has 0 aliphatic carbocycles. The second-order valence-corrected chi connectivity index (χ2v) is 7.37. The Labute approximate surface area is 175 Å². The molecule has 1 aliphatic heterocycles. The van der Waals surface area contributed by atoms with Crippen LogP contribution in [0, 0.1) is 5.92 Å². The van der Waals surface area contributed by atoms with Gasteiger partial charge in [-0.25, -0.2) is 0 Å². The van der Waals surface area contributed by atoms with Crippen molar-refractivity contribution in [3.63, 3.8) is 0 Å². The fourth-order valence-electron chi connectivity index (χ4n) is 3.10. The number of carbonyl (C=O) groups excluding carboxylic acids is 2. The van der Waals surface area contributed by atoms with Crippen molar-refractivity contribution in [2.24, 2.45) is 5.92 Å². The molecule has 29 heavy (non-hydrogen) atoms. The highest BCUT2D eigenvalue weighted by atomic mass is 35.5. The average Bonchev–Trinajstić information content (AvgIpc) is 2.73. The van der Waals surface area contributed by atoms with E-state index in [0.29, 0.717) is 24.4 Å². The van der Waals surface area contributed by atoms with E-state index >= 15 is 0 Å². The number of amides is 1. The van der Waals surface area contributed by atoms with E-state index in [1.54, 1.807) is 32.2 Å². The molecule has 7 heteroatoms. The van der Waals surface area contributed by atoms with E-state index in [-0.39, 0.29) is 12.5 Å². The quantitative estimate of drug-likeness (QED) is 0.700. The Morgan fingerprint density at radius 3 is 2.72 bits per heavy atom. The van der Waals surface area contributed by atoms with Crippen LogP contribution in [-0.2, 0) is 27.2 Å². The number of methoxy groups -OCH3 is 1. The molecule has 0 radical (unpaired) electrons. The van der Waals surface area contributed by atoms with Crippen molar-refractivity contribution in [1.82, 2.24) is 5.32 Å². The fourth-order valence-corrected chi connectivity index (χ4v) is 3.30. The second kappa shape index (κ2) is 9.65. The molecule has 154 valence electrons. The third kappa shape index (κ3) is 5.64. The van der Waals surface area contributed by atoms with Gasteiger partial charge in [0.1, 0.15) is 18.1 Å². The lowest BCUT2D eigenvalue weighted by atomic mass is 9.97. The third-order valence-corrected chi connectivity index (χ3v) is 5.03. The molecular weight excluding hydrogens is 394 g/mol. The van der Waals surface area contributed by atoms with E-state index in [4.69, 9.17) is 25.8 Å². The predicted molar refractivity (Wildman–Crippen MR) is 109 cm³/mol. The third-order valence-electron chi connectivity index (χ3n) is 4.80. The Kier molecular flexibility index (Phi) is 6.99. The summed E-state index contributed by atoms with van der Waals surface area (Å²) >= 11 is 6.01. The van der Waals surface area contributed by atoms with E-state index < -0.39 is 18.0 Å². The first-order valence-corrected chi connectivity index (χ1v) is 9.86. The monoisotopic (exact) mass is 417 g/mol. The zero-order chi connectivity index (χ0) is 20.8. The molecule has 1 heterocycles. The van der Waals surface area contributed by atoms with Crippen LogP contribution in [0.4, 0.5) is 0 Å². The van der Waals surface area contributed by atoms with Gasteiger partial charge in [0, 0.05) is 11.6 Å². The van der Waals surface area contributed by atoms with Crippen LogP contribution in [-0.4, -0.2) is 38.2 Å². The molecule has 2 aromatic carbocycles. The van der Waals surface area contributed by atoms with Gasteiger partial charge in [0.05, 0.1) is 13.0 Å². The number of rotatable bonds is 7. The van der Waals surface area contributed by atoms with Crippen LogP contribution in [0.5, 0.6) is 11.5 Å². The number of halogens is 1. The van der Waals surface area contributed by atoms with Crippen molar-refractivity contribution < 1.29 is 23.8 Å². The molecule has 2 aromatic rings. The second-order valence-electron chi connectivity index (χ2n) is 6.93. The van der Waals surface area contributed by atoms with Crippen LogP contribution in [0.3, 0.4) is 0 Å². The predicted octanol–water partition coefficient (Wildman–Crippen LogP) is 3.19. The topological polar surface area (TPSA) is 73.9 Å². The van der Waals surface area contributed by atoms with Crippen LogP contribution in [0.25, 0.3) is 0 Å². The van der Waals surface area contributed by atoms with Gasteiger partial charge >= 0.3 is 5.97 Å². The normalized spacial score (nSPS) is 16.2. The molecule has 0 aromatic heterocycles. The van der Waals surface area contributed by atoms with Crippen molar-refractivity contribution in [1.29, 1.82) is 0 Å². The zero-order valence-electron chi connectivity index (χ0n) is 16.4. The Morgan fingerprint density at radius 2 is 2.00 bits per heavy atom. The van der Waals surface area contributed by atoms with Crippen molar-refractivity contribution in [2.45, 2.75) is 25.9 Å². The van der Waals surface area contributed by atoms with Crippen LogP contribution in [0.2, 0.25) is 5.02 Å². The highest BCUT2D eigenvalue weighted by Gasteiger charge is 2.29. The fraction of sp³-hybridized carbons (Fsp3) is 0.364. The van der Waals surface area contributed by atoms with E-state index in [0.717, 1.165) is 22.6 Å². The van der Waals surface area contributed by atoms with E-state index in [1.807, 2.05) is 24.3 Å². The molecule has 0 saturated carbocycles. The summed E-state index contributed by atoms with van der Waals surface area (Å²) in [6.45, 7) is 2.24. The Morgan fingerprint density at radius 1 is 1.24 bits per heavy atom. The highest BCUT2D eigenvalue weighted by Crippen LogP contribution is 2.30. The van der Waals surface area contributed by atoms with Gasteiger partial charge in [0.15, 0.2) is 6.10 Å². The molecule has 2 atom stereocenters. The minimum absolute atomic E-state index is 0.222. The number of carbonyl (C=O) groups is 2. The van der Waals surface area contributed by atoms with Gasteiger partial charge in [0.25, 0.3) is 5.91 Å². The summed E-state index contributed by atoms with van der Waals surface area (Å²) in [6, 6.07) is 13.0. The molecule has 0 bridgehead atoms. The van der Waals surface area contributed by atoms with Gasteiger partial charge in [-0.15, -0.1) is 0 Å². The maximum atomic E-state index is 12.4. The molecule has 1 aliphatic rings. The number of fused-ring (bicyclic) bond motifs is 1. The number of hydrogen-bond donors (Lipinski definition) is 1. The Bertz CT molecular complexity index is 868. The molecular formula is C22H24ClNO5. The molecule has 6 nitrogen and oxygen atoms in total. The van der Waals surface area contributed by atoms with Crippen molar-refractivity contribution in [2.75, 3.05) is 20.3 Å². The van der Waals surface area contributed by atoms with Crippen molar-refractivity contribution >= 4 is 23.5 Å². The molecule has 0 fully saturated rings. The minimum atomic E-state index is -0.876. The van der Waals surface area contributed by atoms with Crippen LogP contribution >= 0.6 is 11.6 Å². The van der Waals surface area contributed by atoms with Gasteiger partial charge in [0.2, 0.25) is 0 Å². The summed E-state index contributed by atoms with van der Waals surface area (Å²) in [7, 11) is 1.62. The van der Waals surface area contributed by atoms with E-state index in [9.17, 15) is 9.59 Å². The van der Waals surface area contributed by atoms with Gasteiger partial charge < -0.3 is 19.5 Å². The largest absolute Gasteiger partial charge is 0.497 e. The maximum Gasteiger partial charge on any atom is 0.313 e. The molecule has 1 amide bonds. The number of nitrogens with one attached hydrogen (secondary N) is 1. The first-order valence-electron chi connectivity index (χ1n) is 9.48. The summed E-state index contributed by atoms with van der Waals surface area (Å²) in [5.41, 5.74) is 1.94. The van der Waals surface area contributed by atoms with Crippen molar-refractivity contribution in [3.05, 3.63) is 58.6 Å².